The van der Waals surface area contributed by atoms with Gasteiger partial charge in [-0.05, 0) is 48.5 Å². The summed E-state index contributed by atoms with van der Waals surface area (Å²) in [6.07, 6.45) is 1.54. The zero-order chi connectivity index (χ0) is 20.1. The lowest BCUT2D eigenvalue weighted by Crippen LogP contribution is -2.29. The molecule has 6 nitrogen and oxygen atoms in total. The van der Waals surface area contributed by atoms with Crippen LogP contribution in [0.2, 0.25) is 15.1 Å². The summed E-state index contributed by atoms with van der Waals surface area (Å²) in [6, 6.07) is 14.4. The highest BCUT2D eigenvalue weighted by molar-refractivity contribution is 6.41. The number of nitrogens with zero attached hydrogens (tertiary/aromatic N) is 1. The predicted molar refractivity (Wildman–Crippen MR) is 111 cm³/mol. The number of carbonyl (C=O) groups excluding carboxylic acids is 2. The number of pyridine rings is 1. The number of carbonyl (C=O) groups is 2. The fourth-order valence-corrected chi connectivity index (χ4v) is 3.16. The number of hydrogen-bond acceptors (Lipinski definition) is 4. The Morgan fingerprint density at radius 1 is 0.857 bits per heavy atom. The van der Waals surface area contributed by atoms with E-state index < -0.39 is 5.91 Å². The average Bonchev–Trinajstić information content (AvgIpc) is 2.68. The molecule has 0 radical (unpaired) electrons. The van der Waals surface area contributed by atoms with Crippen molar-refractivity contribution < 1.29 is 9.59 Å². The molecule has 142 valence electrons. The highest BCUT2D eigenvalue weighted by Gasteiger charge is 2.11. The number of nitrogens with one attached hydrogen (secondary N) is 3. The van der Waals surface area contributed by atoms with Crippen LogP contribution in [0.3, 0.4) is 0 Å². The van der Waals surface area contributed by atoms with Gasteiger partial charge in [-0.1, -0.05) is 40.9 Å². The van der Waals surface area contributed by atoms with E-state index in [0.29, 0.717) is 27.7 Å². The van der Waals surface area contributed by atoms with E-state index in [2.05, 4.69) is 21.2 Å². The first-order chi connectivity index (χ1) is 13.4. The van der Waals surface area contributed by atoms with Crippen LogP contribution in [0, 0.1) is 0 Å². The Kier molecular flexibility index (Phi) is 6.36. The third-order valence-electron chi connectivity index (χ3n) is 3.61. The molecule has 2 aromatic carbocycles. The smallest absolute Gasteiger partial charge is 0.274 e. The van der Waals surface area contributed by atoms with E-state index in [1.54, 1.807) is 42.5 Å². The summed E-state index contributed by atoms with van der Waals surface area (Å²) in [7, 11) is 0. The second kappa shape index (κ2) is 8.93. The van der Waals surface area contributed by atoms with Crippen molar-refractivity contribution >= 4 is 58.0 Å². The molecule has 0 atom stereocenters. The Hall–Kier alpha value is -2.80. The summed E-state index contributed by atoms with van der Waals surface area (Å²) < 4.78 is 0. The molecule has 0 saturated heterocycles. The molecule has 2 amide bonds. The van der Waals surface area contributed by atoms with Gasteiger partial charge in [0.1, 0.15) is 5.69 Å². The molecule has 1 heterocycles. The van der Waals surface area contributed by atoms with Crippen molar-refractivity contribution in [3.63, 3.8) is 0 Å². The van der Waals surface area contributed by atoms with Crippen LogP contribution in [0.25, 0.3) is 0 Å². The molecule has 28 heavy (non-hydrogen) atoms. The largest absolute Gasteiger partial charge is 0.321 e. The quantitative estimate of drug-likeness (QED) is 0.490. The number of rotatable bonds is 5. The zero-order valence-corrected chi connectivity index (χ0v) is 16.4. The second-order valence-electron chi connectivity index (χ2n) is 5.57. The van der Waals surface area contributed by atoms with Crippen LogP contribution < -0.4 is 16.2 Å². The first-order valence-corrected chi connectivity index (χ1v) is 9.11. The highest BCUT2D eigenvalue weighted by Crippen LogP contribution is 2.33. The van der Waals surface area contributed by atoms with Crippen molar-refractivity contribution in [3.8, 4) is 0 Å². The first-order valence-electron chi connectivity index (χ1n) is 7.97. The van der Waals surface area contributed by atoms with Crippen molar-refractivity contribution in [2.45, 2.75) is 0 Å². The van der Waals surface area contributed by atoms with Crippen molar-refractivity contribution in [1.29, 1.82) is 0 Å². The van der Waals surface area contributed by atoms with Gasteiger partial charge in [-0.3, -0.25) is 25.4 Å². The molecular formula is C19H13Cl3N4O2. The summed E-state index contributed by atoms with van der Waals surface area (Å²) in [4.78, 5) is 28.3. The van der Waals surface area contributed by atoms with Gasteiger partial charge in [-0.25, -0.2) is 0 Å². The Morgan fingerprint density at radius 2 is 1.54 bits per heavy atom. The minimum absolute atomic E-state index is 0.269. The number of benzene rings is 2. The van der Waals surface area contributed by atoms with Crippen LogP contribution in [0.4, 0.5) is 11.4 Å². The molecule has 0 unspecified atom stereocenters. The standard InChI is InChI=1S/C19H13Cl3N4O2/c20-12-9-14(21)17(15(22)10-12)25-26-18(27)11-4-6-13(7-5-11)24-19(28)16-3-1-2-8-23-16/h1-10,25H,(H,24,28)(H,26,27). The number of hydrazine groups is 1. The molecule has 0 aliphatic heterocycles. The maximum atomic E-state index is 12.3. The third kappa shape index (κ3) is 4.92. The van der Waals surface area contributed by atoms with Gasteiger partial charge in [-0.15, -0.1) is 0 Å². The Balaban J connectivity index is 1.62. The molecule has 0 aliphatic carbocycles. The van der Waals surface area contributed by atoms with Gasteiger partial charge in [0, 0.05) is 22.5 Å². The maximum absolute atomic E-state index is 12.3. The lowest BCUT2D eigenvalue weighted by molar-refractivity contribution is 0.0962. The lowest BCUT2D eigenvalue weighted by Gasteiger charge is -2.12. The number of anilines is 2. The monoisotopic (exact) mass is 434 g/mol. The lowest BCUT2D eigenvalue weighted by atomic mass is 10.2. The molecule has 3 aromatic rings. The maximum Gasteiger partial charge on any atom is 0.274 e. The minimum atomic E-state index is -0.412. The number of halogens is 3. The fourth-order valence-electron chi connectivity index (χ4n) is 2.25. The van der Waals surface area contributed by atoms with E-state index in [9.17, 15) is 9.59 Å². The van der Waals surface area contributed by atoms with Crippen molar-refractivity contribution in [3.05, 3.63) is 87.1 Å². The minimum Gasteiger partial charge on any atom is -0.321 e. The van der Waals surface area contributed by atoms with E-state index in [4.69, 9.17) is 34.8 Å². The number of aromatic nitrogens is 1. The van der Waals surface area contributed by atoms with E-state index in [1.807, 2.05) is 0 Å². The van der Waals surface area contributed by atoms with Gasteiger partial charge in [0.05, 0.1) is 15.7 Å². The summed E-state index contributed by atoms with van der Waals surface area (Å²) >= 11 is 18.0. The second-order valence-corrected chi connectivity index (χ2v) is 6.82. The SMILES string of the molecule is O=C(NNc1c(Cl)cc(Cl)cc1Cl)c1ccc(NC(=O)c2ccccn2)cc1. The van der Waals surface area contributed by atoms with E-state index in [-0.39, 0.29) is 16.0 Å². The molecule has 0 fully saturated rings. The van der Waals surface area contributed by atoms with Gasteiger partial charge in [0.25, 0.3) is 11.8 Å². The van der Waals surface area contributed by atoms with E-state index >= 15 is 0 Å². The average molecular weight is 436 g/mol. The molecule has 3 rings (SSSR count). The van der Waals surface area contributed by atoms with Gasteiger partial charge < -0.3 is 5.32 Å². The molecule has 0 aliphatic rings. The Morgan fingerprint density at radius 3 is 2.14 bits per heavy atom. The molecule has 0 bridgehead atoms. The van der Waals surface area contributed by atoms with Crippen molar-refractivity contribution in [2.24, 2.45) is 0 Å². The van der Waals surface area contributed by atoms with Crippen LogP contribution in [0.5, 0.6) is 0 Å². The van der Waals surface area contributed by atoms with Crippen LogP contribution in [0.15, 0.2) is 60.8 Å². The zero-order valence-electron chi connectivity index (χ0n) is 14.2. The summed E-state index contributed by atoms with van der Waals surface area (Å²) in [6.45, 7) is 0. The van der Waals surface area contributed by atoms with Gasteiger partial charge >= 0.3 is 0 Å². The third-order valence-corrected chi connectivity index (χ3v) is 4.42. The fraction of sp³-hybridized carbons (Fsp3) is 0. The van der Waals surface area contributed by atoms with Gasteiger partial charge in [0.2, 0.25) is 0 Å². The van der Waals surface area contributed by atoms with Crippen molar-refractivity contribution in [1.82, 2.24) is 10.4 Å². The summed E-state index contributed by atoms with van der Waals surface area (Å²) in [5.41, 5.74) is 6.71. The van der Waals surface area contributed by atoms with Gasteiger partial charge in [0.15, 0.2) is 0 Å². The summed E-state index contributed by atoms with van der Waals surface area (Å²) in [5.74, 6) is -0.754. The molecule has 0 spiro atoms. The first kappa shape index (κ1) is 19.9. The van der Waals surface area contributed by atoms with Crippen molar-refractivity contribution in [2.75, 3.05) is 10.7 Å². The van der Waals surface area contributed by atoms with Crippen LogP contribution in [-0.4, -0.2) is 16.8 Å². The Bertz CT molecular complexity index is 988. The predicted octanol–water partition coefficient (Wildman–Crippen LogP) is 5.05. The molecule has 3 N–H and O–H groups in total. The van der Waals surface area contributed by atoms with E-state index in [1.165, 1.54) is 18.3 Å². The Labute approximate surface area is 175 Å². The van der Waals surface area contributed by atoms with Crippen LogP contribution in [-0.2, 0) is 0 Å². The van der Waals surface area contributed by atoms with Gasteiger partial charge in [-0.2, -0.15) is 0 Å². The number of hydrogen-bond donors (Lipinski definition) is 3. The number of amides is 2. The highest BCUT2D eigenvalue weighted by atomic mass is 35.5. The van der Waals surface area contributed by atoms with Crippen LogP contribution in [0.1, 0.15) is 20.8 Å². The molecule has 9 heteroatoms. The normalized spacial score (nSPS) is 10.2. The molecule has 0 saturated carbocycles. The van der Waals surface area contributed by atoms with Crippen LogP contribution >= 0.6 is 34.8 Å². The summed E-state index contributed by atoms with van der Waals surface area (Å²) in [5, 5.41) is 3.63. The topological polar surface area (TPSA) is 83.1 Å². The molecule has 1 aromatic heterocycles. The molecular weight excluding hydrogens is 423 g/mol. The van der Waals surface area contributed by atoms with E-state index in [0.717, 1.165) is 0 Å².